The fraction of sp³-hybridized carbons (Fsp3) is 0.571. The van der Waals surface area contributed by atoms with Crippen LogP contribution in [0.2, 0.25) is 0 Å². The highest BCUT2D eigenvalue weighted by atomic mass is 32.2. The third kappa shape index (κ3) is 2.22. The number of rotatable bonds is 1. The number of nitrogens with zero attached hydrogens (tertiary/aromatic N) is 1. The number of allylic oxidation sites excluding steroid dienone is 1. The second-order valence-corrected chi connectivity index (χ2v) is 2.82. The molecule has 1 heterocycles. The molecule has 0 radical (unpaired) electrons. The van der Waals surface area contributed by atoms with E-state index in [1.807, 2.05) is 6.21 Å². The van der Waals surface area contributed by atoms with Gasteiger partial charge in [-0.05, 0) is 25.5 Å². The lowest BCUT2D eigenvalue weighted by Crippen LogP contribution is -1.69. The minimum absolute atomic E-state index is 1.14. The molecule has 1 aliphatic rings. The molecule has 1 nitrogen and oxygen atoms in total. The Morgan fingerprint density at radius 3 is 3.22 bits per heavy atom. The maximum atomic E-state index is 4.24. The van der Waals surface area contributed by atoms with Crippen LogP contribution in [-0.4, -0.2) is 12.5 Å². The van der Waals surface area contributed by atoms with Gasteiger partial charge in [0.25, 0.3) is 0 Å². The molecule has 1 aliphatic heterocycles. The predicted molar refractivity (Wildman–Crippen MR) is 43.9 cm³/mol. The van der Waals surface area contributed by atoms with Gasteiger partial charge in [-0.15, -0.1) is 11.8 Å². The molecule has 0 aromatic carbocycles. The van der Waals surface area contributed by atoms with Gasteiger partial charge in [-0.2, -0.15) is 0 Å². The lowest BCUT2D eigenvalue weighted by atomic mass is 10.2. The van der Waals surface area contributed by atoms with Crippen molar-refractivity contribution in [3.8, 4) is 0 Å². The second-order valence-electron chi connectivity index (χ2n) is 1.99. The van der Waals surface area contributed by atoms with Crippen molar-refractivity contribution in [2.45, 2.75) is 19.3 Å². The van der Waals surface area contributed by atoms with Crippen molar-refractivity contribution in [3.63, 3.8) is 0 Å². The van der Waals surface area contributed by atoms with Crippen molar-refractivity contribution in [3.05, 3.63) is 11.1 Å². The molecule has 0 saturated heterocycles. The summed E-state index contributed by atoms with van der Waals surface area (Å²) >= 11 is 1.72. The Morgan fingerprint density at radius 1 is 1.56 bits per heavy atom. The number of hydrogen-bond acceptors (Lipinski definition) is 2. The van der Waals surface area contributed by atoms with Crippen LogP contribution in [0.15, 0.2) is 16.1 Å². The molecule has 0 atom stereocenters. The van der Waals surface area contributed by atoms with Gasteiger partial charge in [0.2, 0.25) is 0 Å². The molecule has 0 fully saturated rings. The molecule has 0 saturated carbocycles. The van der Waals surface area contributed by atoms with Gasteiger partial charge in [-0.3, -0.25) is 4.99 Å². The van der Waals surface area contributed by atoms with Gasteiger partial charge in [0, 0.05) is 6.21 Å². The normalized spacial score (nSPS) is 19.0. The molecular weight excluding hydrogens is 130 g/mol. The maximum Gasteiger partial charge on any atom is 0.0913 e. The van der Waals surface area contributed by atoms with E-state index < -0.39 is 0 Å². The van der Waals surface area contributed by atoms with Gasteiger partial charge in [-0.25, -0.2) is 0 Å². The van der Waals surface area contributed by atoms with Crippen LogP contribution >= 0.6 is 11.8 Å². The quantitative estimate of drug-likeness (QED) is 0.546. The highest BCUT2D eigenvalue weighted by Gasteiger charge is 1.93. The van der Waals surface area contributed by atoms with E-state index in [4.69, 9.17) is 0 Å². The molecule has 0 aromatic heterocycles. The fourth-order valence-corrected chi connectivity index (χ4v) is 1.24. The van der Waals surface area contributed by atoms with Gasteiger partial charge >= 0.3 is 0 Å². The van der Waals surface area contributed by atoms with Crippen molar-refractivity contribution < 1.29 is 0 Å². The fourth-order valence-electron chi connectivity index (χ4n) is 0.778. The van der Waals surface area contributed by atoms with Crippen molar-refractivity contribution in [1.82, 2.24) is 0 Å². The molecule has 0 amide bonds. The summed E-state index contributed by atoms with van der Waals surface area (Å²) in [5.74, 6) is 0. The number of aliphatic imine (C=N–C) groups is 1. The van der Waals surface area contributed by atoms with Crippen LogP contribution in [0.5, 0.6) is 0 Å². The minimum atomic E-state index is 1.14. The zero-order valence-electron chi connectivity index (χ0n) is 5.63. The number of hydrogen-bond donors (Lipinski definition) is 0. The summed E-state index contributed by atoms with van der Waals surface area (Å²) in [6.07, 6.45) is 9.86. The first kappa shape index (κ1) is 6.87. The molecule has 2 heteroatoms. The second kappa shape index (κ2) is 3.72. The average molecular weight is 141 g/mol. The van der Waals surface area contributed by atoms with Gasteiger partial charge in [-0.1, -0.05) is 6.08 Å². The van der Waals surface area contributed by atoms with Crippen LogP contribution in [0.3, 0.4) is 0 Å². The Balaban J connectivity index is 2.53. The third-order valence-corrected chi connectivity index (χ3v) is 1.97. The van der Waals surface area contributed by atoms with Crippen molar-refractivity contribution in [1.29, 1.82) is 0 Å². The van der Waals surface area contributed by atoms with E-state index in [1.165, 1.54) is 17.9 Å². The molecule has 0 aromatic rings. The summed E-state index contributed by atoms with van der Waals surface area (Å²) in [6, 6.07) is 0. The first-order valence-corrected chi connectivity index (χ1v) is 4.42. The van der Waals surface area contributed by atoms with E-state index >= 15 is 0 Å². The van der Waals surface area contributed by atoms with Crippen molar-refractivity contribution in [2.24, 2.45) is 4.99 Å². The van der Waals surface area contributed by atoms with Crippen LogP contribution in [0.1, 0.15) is 19.3 Å². The summed E-state index contributed by atoms with van der Waals surface area (Å²) in [5, 5.41) is 1.17. The highest BCUT2D eigenvalue weighted by Crippen LogP contribution is 2.16. The first-order valence-electron chi connectivity index (χ1n) is 3.20. The Hall–Kier alpha value is -0.240. The van der Waals surface area contributed by atoms with E-state index in [9.17, 15) is 0 Å². The SMILES string of the molecule is CSC1=CCCCC=N1. The summed E-state index contributed by atoms with van der Waals surface area (Å²) < 4.78 is 0. The van der Waals surface area contributed by atoms with Gasteiger partial charge in [0.15, 0.2) is 0 Å². The molecule has 1 rings (SSSR count). The van der Waals surface area contributed by atoms with E-state index in [2.05, 4.69) is 17.3 Å². The van der Waals surface area contributed by atoms with Gasteiger partial charge < -0.3 is 0 Å². The molecule has 9 heavy (non-hydrogen) atoms. The van der Waals surface area contributed by atoms with Crippen LogP contribution < -0.4 is 0 Å². The Labute approximate surface area is 60.3 Å². The maximum absolute atomic E-state index is 4.24. The van der Waals surface area contributed by atoms with Crippen LogP contribution in [-0.2, 0) is 0 Å². The lowest BCUT2D eigenvalue weighted by molar-refractivity contribution is 0.911. The van der Waals surface area contributed by atoms with Crippen LogP contribution in [0.4, 0.5) is 0 Å². The first-order chi connectivity index (χ1) is 4.43. The summed E-state index contributed by atoms with van der Waals surface area (Å²) in [5.41, 5.74) is 0. The highest BCUT2D eigenvalue weighted by molar-refractivity contribution is 8.02. The monoisotopic (exact) mass is 141 g/mol. The minimum Gasteiger partial charge on any atom is -0.255 e. The molecule has 0 N–H and O–H groups in total. The number of thioether (sulfide) groups is 1. The zero-order valence-corrected chi connectivity index (χ0v) is 6.45. The van der Waals surface area contributed by atoms with Crippen LogP contribution in [0.25, 0.3) is 0 Å². The third-order valence-electron chi connectivity index (χ3n) is 1.28. The largest absolute Gasteiger partial charge is 0.255 e. The molecule has 0 spiro atoms. The van der Waals surface area contributed by atoms with Gasteiger partial charge in [0.05, 0.1) is 5.03 Å². The smallest absolute Gasteiger partial charge is 0.0913 e. The molecule has 0 bridgehead atoms. The van der Waals surface area contributed by atoms with Crippen LogP contribution in [0, 0.1) is 0 Å². The van der Waals surface area contributed by atoms with E-state index in [0.717, 1.165) is 6.42 Å². The standard InChI is InChI=1S/C7H11NS/c1-9-7-5-3-2-4-6-8-7/h5-6H,2-4H2,1H3. The summed E-state index contributed by atoms with van der Waals surface area (Å²) in [7, 11) is 0. The van der Waals surface area contributed by atoms with Crippen molar-refractivity contribution in [2.75, 3.05) is 6.26 Å². The van der Waals surface area contributed by atoms with Gasteiger partial charge in [0.1, 0.15) is 0 Å². The molecular formula is C7H11NS. The van der Waals surface area contributed by atoms with E-state index in [-0.39, 0.29) is 0 Å². The Bertz CT molecular complexity index is 138. The van der Waals surface area contributed by atoms with Crippen molar-refractivity contribution >= 4 is 18.0 Å². The van der Waals surface area contributed by atoms with E-state index in [0.29, 0.717) is 0 Å². The average Bonchev–Trinajstić information content (AvgIpc) is 2.13. The molecule has 50 valence electrons. The lowest BCUT2D eigenvalue weighted by Gasteiger charge is -1.89. The summed E-state index contributed by atoms with van der Waals surface area (Å²) in [4.78, 5) is 4.24. The Kier molecular flexibility index (Phi) is 2.84. The zero-order chi connectivity index (χ0) is 6.53. The van der Waals surface area contributed by atoms with E-state index in [1.54, 1.807) is 11.8 Å². The summed E-state index contributed by atoms with van der Waals surface area (Å²) in [6.45, 7) is 0. The predicted octanol–water partition coefficient (Wildman–Crippen LogP) is 2.45. The Morgan fingerprint density at radius 2 is 2.44 bits per heavy atom. The molecule has 0 aliphatic carbocycles. The molecule has 0 unspecified atom stereocenters. The topological polar surface area (TPSA) is 12.4 Å².